The second-order valence-corrected chi connectivity index (χ2v) is 5.98. The van der Waals surface area contributed by atoms with E-state index in [2.05, 4.69) is 10.3 Å². The number of aromatic nitrogens is 1. The first kappa shape index (κ1) is 12.8. The summed E-state index contributed by atoms with van der Waals surface area (Å²) in [5.41, 5.74) is 11.4. The van der Waals surface area contributed by atoms with Crippen LogP contribution in [0.25, 0.3) is 0 Å². The number of rotatable bonds is 3. The molecule has 7 heteroatoms. The highest BCUT2D eigenvalue weighted by Crippen LogP contribution is 2.18. The molecule has 0 aromatic carbocycles. The first-order valence-electron chi connectivity index (χ1n) is 5.73. The molecule has 0 unspecified atom stereocenters. The van der Waals surface area contributed by atoms with Crippen molar-refractivity contribution in [3.63, 3.8) is 0 Å². The Kier molecular flexibility index (Phi) is 3.81. The van der Waals surface area contributed by atoms with E-state index in [-0.39, 0.29) is 17.3 Å². The summed E-state index contributed by atoms with van der Waals surface area (Å²) in [5, 5.41) is 3.22. The molecule has 2 heterocycles. The summed E-state index contributed by atoms with van der Waals surface area (Å²) in [6.45, 7) is 0. The van der Waals surface area contributed by atoms with Crippen LogP contribution >= 0.6 is 0 Å². The van der Waals surface area contributed by atoms with Gasteiger partial charge in [-0.1, -0.05) is 0 Å². The third-order valence-corrected chi connectivity index (χ3v) is 4.32. The smallest absolute Gasteiger partial charge is 0.250 e. The number of anilines is 2. The fraction of sp³-hybridized carbons (Fsp3) is 0.455. The SMILES string of the molecule is NC(=O)c1cc(NC2CCS(=O)CC2)ncc1N. The zero-order valence-electron chi connectivity index (χ0n) is 9.89. The van der Waals surface area contributed by atoms with Gasteiger partial charge in [0.1, 0.15) is 5.82 Å². The number of nitrogen functional groups attached to an aromatic ring is 1. The predicted molar refractivity (Wildman–Crippen MR) is 71.7 cm³/mol. The van der Waals surface area contributed by atoms with E-state index in [0.29, 0.717) is 17.3 Å². The van der Waals surface area contributed by atoms with Crippen molar-refractivity contribution in [1.29, 1.82) is 0 Å². The monoisotopic (exact) mass is 268 g/mol. The number of hydrogen-bond acceptors (Lipinski definition) is 5. The summed E-state index contributed by atoms with van der Waals surface area (Å²) in [5.74, 6) is 1.42. The molecule has 0 radical (unpaired) electrons. The van der Waals surface area contributed by atoms with E-state index in [1.54, 1.807) is 6.07 Å². The van der Waals surface area contributed by atoms with Crippen molar-refractivity contribution >= 4 is 28.2 Å². The lowest BCUT2D eigenvalue weighted by Gasteiger charge is -2.23. The van der Waals surface area contributed by atoms with Gasteiger partial charge in [0.15, 0.2) is 0 Å². The van der Waals surface area contributed by atoms with E-state index in [0.717, 1.165) is 12.8 Å². The molecule has 0 aliphatic carbocycles. The van der Waals surface area contributed by atoms with E-state index in [1.165, 1.54) is 6.20 Å². The number of nitrogens with zero attached hydrogens (tertiary/aromatic N) is 1. The molecule has 1 aromatic rings. The average molecular weight is 268 g/mol. The Hall–Kier alpha value is -1.63. The zero-order chi connectivity index (χ0) is 13.1. The predicted octanol–water partition coefficient (Wildman–Crippen LogP) is 0.0857. The number of hydrogen-bond donors (Lipinski definition) is 3. The standard InChI is InChI=1S/C11H16N4O2S/c12-9-6-14-10(5-8(9)11(13)16)15-7-1-3-18(17)4-2-7/h5-7H,1-4,12H2,(H2,13,16)(H,14,15). The lowest BCUT2D eigenvalue weighted by molar-refractivity contribution is 0.100. The van der Waals surface area contributed by atoms with Gasteiger partial charge in [-0.15, -0.1) is 0 Å². The van der Waals surface area contributed by atoms with Gasteiger partial charge >= 0.3 is 0 Å². The molecule has 1 aliphatic rings. The highest BCUT2D eigenvalue weighted by molar-refractivity contribution is 7.85. The van der Waals surface area contributed by atoms with Gasteiger partial charge in [-0.05, 0) is 18.9 Å². The Labute approximate surface area is 108 Å². The Bertz CT molecular complexity index is 482. The molecule has 0 bridgehead atoms. The molecule has 0 spiro atoms. The summed E-state index contributed by atoms with van der Waals surface area (Å²) in [7, 11) is -0.689. The lowest BCUT2D eigenvalue weighted by atomic mass is 10.1. The number of carbonyl (C=O) groups is 1. The van der Waals surface area contributed by atoms with E-state index in [9.17, 15) is 9.00 Å². The van der Waals surface area contributed by atoms with Crippen LogP contribution in [0.2, 0.25) is 0 Å². The van der Waals surface area contributed by atoms with Crippen molar-refractivity contribution in [2.24, 2.45) is 5.73 Å². The maximum atomic E-state index is 11.2. The Morgan fingerprint density at radius 3 is 2.72 bits per heavy atom. The van der Waals surface area contributed by atoms with Crippen LogP contribution in [0.15, 0.2) is 12.3 Å². The number of pyridine rings is 1. The molecule has 98 valence electrons. The van der Waals surface area contributed by atoms with Gasteiger partial charge in [-0.25, -0.2) is 4.98 Å². The fourth-order valence-electron chi connectivity index (χ4n) is 1.91. The third kappa shape index (κ3) is 2.98. The van der Waals surface area contributed by atoms with Crippen LogP contribution < -0.4 is 16.8 Å². The van der Waals surface area contributed by atoms with Gasteiger partial charge in [0.2, 0.25) is 0 Å². The second kappa shape index (κ2) is 5.34. The highest BCUT2D eigenvalue weighted by Gasteiger charge is 2.18. The van der Waals surface area contributed by atoms with Crippen LogP contribution in [0.4, 0.5) is 11.5 Å². The number of amides is 1. The summed E-state index contributed by atoms with van der Waals surface area (Å²) in [4.78, 5) is 15.3. The third-order valence-electron chi connectivity index (χ3n) is 2.94. The van der Waals surface area contributed by atoms with Crippen LogP contribution in [0.1, 0.15) is 23.2 Å². The van der Waals surface area contributed by atoms with Crippen molar-refractivity contribution in [3.05, 3.63) is 17.8 Å². The molecule has 1 aromatic heterocycles. The maximum Gasteiger partial charge on any atom is 0.250 e. The van der Waals surface area contributed by atoms with Gasteiger partial charge in [0, 0.05) is 28.3 Å². The summed E-state index contributed by atoms with van der Waals surface area (Å²) >= 11 is 0. The number of primary amides is 1. The normalized spacial score (nSPS) is 23.6. The maximum absolute atomic E-state index is 11.2. The lowest BCUT2D eigenvalue weighted by Crippen LogP contribution is -2.29. The molecule has 5 N–H and O–H groups in total. The molecule has 1 fully saturated rings. The van der Waals surface area contributed by atoms with Crippen LogP contribution in [0.5, 0.6) is 0 Å². The van der Waals surface area contributed by atoms with Crippen molar-refractivity contribution in [1.82, 2.24) is 4.98 Å². The molecule has 1 saturated heterocycles. The molecule has 18 heavy (non-hydrogen) atoms. The number of carbonyl (C=O) groups excluding carboxylic acids is 1. The molecule has 1 aliphatic heterocycles. The van der Waals surface area contributed by atoms with Gasteiger partial charge in [0.05, 0.1) is 17.4 Å². The Morgan fingerprint density at radius 1 is 1.44 bits per heavy atom. The largest absolute Gasteiger partial charge is 0.397 e. The van der Waals surface area contributed by atoms with E-state index >= 15 is 0 Å². The fourth-order valence-corrected chi connectivity index (χ4v) is 3.20. The Balaban J connectivity index is 2.07. The molecule has 2 rings (SSSR count). The minimum Gasteiger partial charge on any atom is -0.397 e. The minimum absolute atomic E-state index is 0.236. The molecular formula is C11H16N4O2S. The second-order valence-electron chi connectivity index (χ2n) is 4.29. The number of nitrogens with one attached hydrogen (secondary N) is 1. The van der Waals surface area contributed by atoms with Gasteiger partial charge < -0.3 is 16.8 Å². The summed E-state index contributed by atoms with van der Waals surface area (Å²) in [6, 6.07) is 1.79. The molecule has 0 atom stereocenters. The van der Waals surface area contributed by atoms with Crippen LogP contribution in [0, 0.1) is 0 Å². The first-order chi connectivity index (χ1) is 8.56. The van der Waals surface area contributed by atoms with Gasteiger partial charge in [-0.2, -0.15) is 0 Å². The highest BCUT2D eigenvalue weighted by atomic mass is 32.2. The average Bonchev–Trinajstić information content (AvgIpc) is 2.34. The molecule has 1 amide bonds. The van der Waals surface area contributed by atoms with Crippen LogP contribution in [0.3, 0.4) is 0 Å². The molecule has 6 nitrogen and oxygen atoms in total. The summed E-state index contributed by atoms with van der Waals surface area (Å²) in [6.07, 6.45) is 3.10. The van der Waals surface area contributed by atoms with E-state index in [4.69, 9.17) is 11.5 Å². The summed E-state index contributed by atoms with van der Waals surface area (Å²) < 4.78 is 11.2. The van der Waals surface area contributed by atoms with Crippen molar-refractivity contribution < 1.29 is 9.00 Å². The minimum atomic E-state index is -0.689. The first-order valence-corrected chi connectivity index (χ1v) is 7.22. The quantitative estimate of drug-likeness (QED) is 0.719. The van der Waals surface area contributed by atoms with Crippen LogP contribution in [-0.2, 0) is 10.8 Å². The van der Waals surface area contributed by atoms with E-state index < -0.39 is 16.7 Å². The van der Waals surface area contributed by atoms with Crippen LogP contribution in [-0.4, -0.2) is 32.6 Å². The van der Waals surface area contributed by atoms with Crippen molar-refractivity contribution in [2.75, 3.05) is 22.6 Å². The van der Waals surface area contributed by atoms with Crippen molar-refractivity contribution in [3.8, 4) is 0 Å². The number of nitrogens with two attached hydrogens (primary N) is 2. The van der Waals surface area contributed by atoms with Gasteiger partial charge in [-0.3, -0.25) is 9.00 Å². The topological polar surface area (TPSA) is 111 Å². The molecule has 0 saturated carbocycles. The zero-order valence-corrected chi connectivity index (χ0v) is 10.7. The molecular weight excluding hydrogens is 252 g/mol. The van der Waals surface area contributed by atoms with E-state index in [1.807, 2.05) is 0 Å². The van der Waals surface area contributed by atoms with Crippen molar-refractivity contribution in [2.45, 2.75) is 18.9 Å². The Morgan fingerprint density at radius 2 is 2.11 bits per heavy atom. The van der Waals surface area contributed by atoms with Gasteiger partial charge in [0.25, 0.3) is 5.91 Å².